The summed E-state index contributed by atoms with van der Waals surface area (Å²) in [5, 5.41) is 11.6. The lowest BCUT2D eigenvalue weighted by atomic mass is 10.2. The summed E-state index contributed by atoms with van der Waals surface area (Å²) in [7, 11) is 1.70. The van der Waals surface area contributed by atoms with E-state index >= 15 is 0 Å². The highest BCUT2D eigenvalue weighted by atomic mass is 16.3. The molecule has 0 radical (unpaired) electrons. The number of amides is 1. The second-order valence-corrected chi connectivity index (χ2v) is 3.84. The van der Waals surface area contributed by atoms with Gasteiger partial charge in [0.2, 0.25) is 0 Å². The first kappa shape index (κ1) is 12.4. The molecule has 1 rings (SSSR count). The summed E-state index contributed by atoms with van der Waals surface area (Å²) >= 11 is 0. The van der Waals surface area contributed by atoms with Crippen LogP contribution in [0.1, 0.15) is 34.7 Å². The lowest BCUT2D eigenvalue weighted by Gasteiger charge is -2.07. The molecule has 0 saturated heterocycles. The summed E-state index contributed by atoms with van der Waals surface area (Å²) in [6, 6.07) is 1.54. The topological polar surface area (TPSA) is 71.3 Å². The van der Waals surface area contributed by atoms with Crippen molar-refractivity contribution >= 4 is 11.7 Å². The van der Waals surface area contributed by atoms with Gasteiger partial charge < -0.3 is 15.0 Å². The fourth-order valence-corrected chi connectivity index (χ4v) is 1.31. The standard InChI is InChI=1S/C11H16N2O3/c1-7(14)5-12-11(16)10-4-9(8(2)15)6-13(10)3/h4,6-7,14H,5H2,1-3H3,(H,12,16)/t7-/m0/s1. The molecule has 0 aliphatic carbocycles. The molecule has 0 aliphatic heterocycles. The van der Waals surface area contributed by atoms with E-state index in [2.05, 4.69) is 5.32 Å². The lowest BCUT2D eigenvalue weighted by Crippen LogP contribution is -2.31. The molecule has 88 valence electrons. The van der Waals surface area contributed by atoms with Crippen molar-refractivity contribution in [2.75, 3.05) is 6.54 Å². The van der Waals surface area contributed by atoms with Crippen molar-refractivity contribution in [3.05, 3.63) is 23.5 Å². The SMILES string of the molecule is CC(=O)c1cc(C(=O)NC[C@H](C)O)n(C)c1. The van der Waals surface area contributed by atoms with Crippen molar-refractivity contribution < 1.29 is 14.7 Å². The third-order valence-electron chi connectivity index (χ3n) is 2.20. The molecule has 0 bridgehead atoms. The van der Waals surface area contributed by atoms with Crippen LogP contribution in [-0.4, -0.2) is 34.0 Å². The largest absolute Gasteiger partial charge is 0.392 e. The van der Waals surface area contributed by atoms with Crippen LogP contribution in [0.25, 0.3) is 0 Å². The van der Waals surface area contributed by atoms with Gasteiger partial charge in [-0.25, -0.2) is 0 Å². The average Bonchev–Trinajstić information content (AvgIpc) is 2.57. The number of nitrogens with one attached hydrogen (secondary N) is 1. The van der Waals surface area contributed by atoms with Gasteiger partial charge in [0.05, 0.1) is 6.10 Å². The van der Waals surface area contributed by atoms with E-state index in [1.165, 1.54) is 6.92 Å². The number of Topliss-reactive ketones (excluding diaryl/α,β-unsaturated/α-hetero) is 1. The summed E-state index contributed by atoms with van der Waals surface area (Å²) in [5.41, 5.74) is 0.913. The quantitative estimate of drug-likeness (QED) is 0.724. The second kappa shape index (κ2) is 4.94. The molecule has 0 saturated carbocycles. The summed E-state index contributed by atoms with van der Waals surface area (Å²) in [5.74, 6) is -0.374. The lowest BCUT2D eigenvalue weighted by molar-refractivity contribution is 0.0916. The molecule has 1 aromatic heterocycles. The summed E-state index contributed by atoms with van der Waals surface area (Å²) < 4.78 is 1.59. The third kappa shape index (κ3) is 2.93. The average molecular weight is 224 g/mol. The van der Waals surface area contributed by atoms with E-state index in [0.717, 1.165) is 0 Å². The molecule has 1 atom stereocenters. The number of aliphatic hydroxyl groups excluding tert-OH is 1. The van der Waals surface area contributed by atoms with Crippen LogP contribution in [-0.2, 0) is 7.05 Å². The number of aryl methyl sites for hydroxylation is 1. The predicted molar refractivity (Wildman–Crippen MR) is 59.4 cm³/mol. The number of aromatic nitrogens is 1. The van der Waals surface area contributed by atoms with Crippen LogP contribution >= 0.6 is 0 Å². The van der Waals surface area contributed by atoms with Gasteiger partial charge in [0, 0.05) is 25.4 Å². The Kier molecular flexibility index (Phi) is 3.84. The zero-order chi connectivity index (χ0) is 12.3. The maximum atomic E-state index is 11.7. The summed E-state index contributed by atoms with van der Waals surface area (Å²) in [6.45, 7) is 3.23. The Bertz CT molecular complexity index is 407. The van der Waals surface area contributed by atoms with E-state index in [-0.39, 0.29) is 18.2 Å². The Morgan fingerprint density at radius 3 is 2.62 bits per heavy atom. The Labute approximate surface area is 94.1 Å². The molecular formula is C11H16N2O3. The molecule has 0 fully saturated rings. The predicted octanol–water partition coefficient (Wildman–Crippen LogP) is 0.338. The van der Waals surface area contributed by atoms with Crippen molar-refractivity contribution in [1.29, 1.82) is 0 Å². The fraction of sp³-hybridized carbons (Fsp3) is 0.455. The smallest absolute Gasteiger partial charge is 0.268 e. The molecule has 0 unspecified atom stereocenters. The van der Waals surface area contributed by atoms with E-state index in [4.69, 9.17) is 5.11 Å². The first-order valence-corrected chi connectivity index (χ1v) is 5.05. The minimum Gasteiger partial charge on any atom is -0.392 e. The van der Waals surface area contributed by atoms with Crippen molar-refractivity contribution in [2.24, 2.45) is 7.05 Å². The van der Waals surface area contributed by atoms with Crippen LogP contribution < -0.4 is 5.32 Å². The van der Waals surface area contributed by atoms with Gasteiger partial charge in [-0.3, -0.25) is 9.59 Å². The second-order valence-electron chi connectivity index (χ2n) is 3.84. The highest BCUT2D eigenvalue weighted by Gasteiger charge is 2.13. The first-order chi connectivity index (χ1) is 7.41. The van der Waals surface area contributed by atoms with Gasteiger partial charge >= 0.3 is 0 Å². The highest BCUT2D eigenvalue weighted by Crippen LogP contribution is 2.07. The van der Waals surface area contributed by atoms with Crippen molar-refractivity contribution in [3.63, 3.8) is 0 Å². The number of rotatable bonds is 4. The maximum absolute atomic E-state index is 11.7. The Morgan fingerprint density at radius 1 is 1.56 bits per heavy atom. The number of nitrogens with zero attached hydrogens (tertiary/aromatic N) is 1. The molecule has 0 aromatic carbocycles. The van der Waals surface area contributed by atoms with Crippen LogP contribution in [0.2, 0.25) is 0 Å². The van der Waals surface area contributed by atoms with E-state index < -0.39 is 6.10 Å². The van der Waals surface area contributed by atoms with Crippen molar-refractivity contribution in [2.45, 2.75) is 20.0 Å². The van der Waals surface area contributed by atoms with Gasteiger partial charge in [0.25, 0.3) is 5.91 Å². The Hall–Kier alpha value is -1.62. The number of carbonyl (C=O) groups is 2. The van der Waals surface area contributed by atoms with Crippen LogP contribution in [0, 0.1) is 0 Å². The van der Waals surface area contributed by atoms with Gasteiger partial charge in [-0.2, -0.15) is 0 Å². The van der Waals surface area contributed by atoms with E-state index in [1.54, 1.807) is 30.8 Å². The molecule has 1 aromatic rings. The number of hydrogen-bond donors (Lipinski definition) is 2. The van der Waals surface area contributed by atoms with Crippen LogP contribution in [0.3, 0.4) is 0 Å². The zero-order valence-electron chi connectivity index (χ0n) is 9.65. The van der Waals surface area contributed by atoms with Gasteiger partial charge in [-0.1, -0.05) is 0 Å². The van der Waals surface area contributed by atoms with E-state index in [1.807, 2.05) is 0 Å². The Balaban J connectivity index is 2.79. The number of carbonyl (C=O) groups excluding carboxylic acids is 2. The van der Waals surface area contributed by atoms with Crippen LogP contribution in [0.15, 0.2) is 12.3 Å². The minimum atomic E-state index is -0.587. The molecule has 0 spiro atoms. The number of hydrogen-bond acceptors (Lipinski definition) is 3. The third-order valence-corrected chi connectivity index (χ3v) is 2.20. The zero-order valence-corrected chi connectivity index (χ0v) is 9.65. The summed E-state index contributed by atoms with van der Waals surface area (Å²) in [4.78, 5) is 22.8. The highest BCUT2D eigenvalue weighted by molar-refractivity contribution is 5.99. The summed E-state index contributed by atoms with van der Waals surface area (Å²) in [6.07, 6.45) is 1.02. The molecule has 1 heterocycles. The molecule has 2 N–H and O–H groups in total. The van der Waals surface area contributed by atoms with Gasteiger partial charge in [0.1, 0.15) is 5.69 Å². The molecular weight excluding hydrogens is 208 g/mol. The van der Waals surface area contributed by atoms with Crippen LogP contribution in [0.5, 0.6) is 0 Å². The van der Waals surface area contributed by atoms with E-state index in [0.29, 0.717) is 11.3 Å². The molecule has 5 heteroatoms. The fourth-order valence-electron chi connectivity index (χ4n) is 1.31. The monoisotopic (exact) mass is 224 g/mol. The van der Waals surface area contributed by atoms with Gasteiger partial charge in [-0.05, 0) is 19.9 Å². The number of ketones is 1. The molecule has 0 aliphatic rings. The number of aliphatic hydroxyl groups is 1. The normalized spacial score (nSPS) is 12.2. The first-order valence-electron chi connectivity index (χ1n) is 5.05. The van der Waals surface area contributed by atoms with Crippen molar-refractivity contribution in [3.8, 4) is 0 Å². The van der Waals surface area contributed by atoms with Crippen molar-refractivity contribution in [1.82, 2.24) is 9.88 Å². The molecule has 1 amide bonds. The van der Waals surface area contributed by atoms with Gasteiger partial charge in [0.15, 0.2) is 5.78 Å². The van der Waals surface area contributed by atoms with E-state index in [9.17, 15) is 9.59 Å². The van der Waals surface area contributed by atoms with Crippen LogP contribution in [0.4, 0.5) is 0 Å². The maximum Gasteiger partial charge on any atom is 0.268 e. The molecule has 5 nitrogen and oxygen atoms in total. The van der Waals surface area contributed by atoms with Gasteiger partial charge in [-0.15, -0.1) is 0 Å². The minimum absolute atomic E-state index is 0.0785. The molecule has 16 heavy (non-hydrogen) atoms. The Morgan fingerprint density at radius 2 is 2.19 bits per heavy atom.